The topological polar surface area (TPSA) is 113 Å². The van der Waals surface area contributed by atoms with Crippen molar-refractivity contribution in [2.45, 2.75) is 31.8 Å². The number of nitrogens with one attached hydrogen (secondary N) is 3. The van der Waals surface area contributed by atoms with Crippen LogP contribution in [0.25, 0.3) is 0 Å². The zero-order valence-electron chi connectivity index (χ0n) is 15.0. The van der Waals surface area contributed by atoms with Crippen LogP contribution < -0.4 is 21.7 Å². The normalized spacial score (nSPS) is 14.1. The molecule has 2 aromatic carbocycles. The van der Waals surface area contributed by atoms with Gasteiger partial charge in [-0.15, -0.1) is 0 Å². The van der Waals surface area contributed by atoms with Gasteiger partial charge in [0, 0.05) is 28.5 Å². The first-order valence-electron chi connectivity index (χ1n) is 8.80. The van der Waals surface area contributed by atoms with E-state index < -0.39 is 11.9 Å². The molecule has 3 rings (SSSR count). The molecule has 1 aliphatic rings. The van der Waals surface area contributed by atoms with E-state index in [1.807, 2.05) is 0 Å². The van der Waals surface area contributed by atoms with Gasteiger partial charge < -0.3 is 21.7 Å². The summed E-state index contributed by atoms with van der Waals surface area (Å²) >= 11 is 0. The number of nitrogens with two attached hydrogens (primary N) is 1. The molecule has 1 aliphatic carbocycles. The van der Waals surface area contributed by atoms with Gasteiger partial charge >= 0.3 is 0 Å². The molecule has 1 unspecified atom stereocenters. The van der Waals surface area contributed by atoms with Gasteiger partial charge in [0.1, 0.15) is 6.04 Å². The molecule has 27 heavy (non-hydrogen) atoms. The fourth-order valence-electron chi connectivity index (χ4n) is 2.50. The molecule has 0 spiro atoms. The molecule has 1 saturated carbocycles. The zero-order chi connectivity index (χ0) is 19.4. The van der Waals surface area contributed by atoms with Gasteiger partial charge in [0.15, 0.2) is 0 Å². The summed E-state index contributed by atoms with van der Waals surface area (Å²) in [6, 6.07) is 13.2. The lowest BCUT2D eigenvalue weighted by atomic mass is 10.1. The maximum absolute atomic E-state index is 12.3. The highest BCUT2D eigenvalue weighted by Crippen LogP contribution is 2.20. The van der Waals surface area contributed by atoms with E-state index >= 15 is 0 Å². The number of carbonyl (C=O) groups is 3. The SMILES string of the molecule is CC(Nc1ccc(C(=O)NC2CC2)cc1)C(=O)Nc1ccc(C(N)=O)cc1. The summed E-state index contributed by atoms with van der Waals surface area (Å²) in [5, 5.41) is 8.80. The minimum Gasteiger partial charge on any atom is -0.374 e. The summed E-state index contributed by atoms with van der Waals surface area (Å²) in [6.45, 7) is 1.74. The van der Waals surface area contributed by atoms with Crippen molar-refractivity contribution in [3.63, 3.8) is 0 Å². The molecule has 0 radical (unpaired) electrons. The fraction of sp³-hybridized carbons (Fsp3) is 0.250. The van der Waals surface area contributed by atoms with E-state index in [1.54, 1.807) is 55.5 Å². The Bertz CT molecular complexity index is 843. The number of amides is 3. The van der Waals surface area contributed by atoms with Crippen LogP contribution >= 0.6 is 0 Å². The van der Waals surface area contributed by atoms with E-state index in [-0.39, 0.29) is 11.8 Å². The number of carbonyl (C=O) groups excluding carboxylic acids is 3. The van der Waals surface area contributed by atoms with Crippen molar-refractivity contribution in [3.05, 3.63) is 59.7 Å². The smallest absolute Gasteiger partial charge is 0.251 e. The van der Waals surface area contributed by atoms with Gasteiger partial charge in [0.05, 0.1) is 0 Å². The minimum atomic E-state index is -0.517. The predicted molar refractivity (Wildman–Crippen MR) is 104 cm³/mol. The molecule has 0 heterocycles. The second-order valence-corrected chi connectivity index (χ2v) is 6.62. The highest BCUT2D eigenvalue weighted by atomic mass is 16.2. The largest absolute Gasteiger partial charge is 0.374 e. The van der Waals surface area contributed by atoms with Crippen molar-refractivity contribution in [3.8, 4) is 0 Å². The first-order chi connectivity index (χ1) is 12.9. The maximum atomic E-state index is 12.3. The minimum absolute atomic E-state index is 0.0748. The number of hydrogen-bond donors (Lipinski definition) is 4. The van der Waals surface area contributed by atoms with Crippen LogP contribution in [0.4, 0.5) is 11.4 Å². The van der Waals surface area contributed by atoms with Gasteiger partial charge in [-0.05, 0) is 68.3 Å². The van der Waals surface area contributed by atoms with Crippen molar-refractivity contribution in [2.24, 2.45) is 5.73 Å². The molecule has 1 atom stereocenters. The van der Waals surface area contributed by atoms with Gasteiger partial charge in [-0.1, -0.05) is 0 Å². The van der Waals surface area contributed by atoms with Crippen LogP contribution in [0.15, 0.2) is 48.5 Å². The van der Waals surface area contributed by atoms with Gasteiger partial charge in [0.25, 0.3) is 5.91 Å². The van der Waals surface area contributed by atoms with Crippen LogP contribution in [0.5, 0.6) is 0 Å². The summed E-state index contributed by atoms with van der Waals surface area (Å²) in [5.74, 6) is -0.816. The van der Waals surface area contributed by atoms with Crippen LogP contribution in [0.2, 0.25) is 0 Å². The quantitative estimate of drug-likeness (QED) is 0.601. The average Bonchev–Trinajstić information content (AvgIpc) is 3.46. The monoisotopic (exact) mass is 366 g/mol. The highest BCUT2D eigenvalue weighted by molar-refractivity contribution is 5.98. The Kier molecular flexibility index (Phi) is 5.40. The molecular formula is C20H22N4O3. The Morgan fingerprint density at radius 1 is 0.926 bits per heavy atom. The summed E-state index contributed by atoms with van der Waals surface area (Å²) in [6.07, 6.45) is 2.09. The third-order valence-corrected chi connectivity index (χ3v) is 4.27. The molecule has 3 amide bonds. The van der Waals surface area contributed by atoms with Crippen molar-refractivity contribution in [2.75, 3.05) is 10.6 Å². The molecule has 2 aromatic rings. The summed E-state index contributed by atoms with van der Waals surface area (Å²) in [4.78, 5) is 35.4. The third kappa shape index (κ3) is 5.07. The van der Waals surface area contributed by atoms with Gasteiger partial charge in [-0.25, -0.2) is 0 Å². The number of primary amides is 1. The molecule has 7 heteroatoms. The van der Waals surface area contributed by atoms with Crippen molar-refractivity contribution in [1.82, 2.24) is 5.32 Å². The van der Waals surface area contributed by atoms with E-state index in [1.165, 1.54) is 0 Å². The molecule has 0 bridgehead atoms. The van der Waals surface area contributed by atoms with E-state index in [4.69, 9.17) is 5.73 Å². The molecule has 140 valence electrons. The first kappa shape index (κ1) is 18.4. The molecular weight excluding hydrogens is 344 g/mol. The van der Waals surface area contributed by atoms with Crippen LogP contribution in [0, 0.1) is 0 Å². The number of benzene rings is 2. The lowest BCUT2D eigenvalue weighted by Gasteiger charge is -2.16. The Hall–Kier alpha value is -3.35. The van der Waals surface area contributed by atoms with E-state index in [9.17, 15) is 14.4 Å². The van der Waals surface area contributed by atoms with Gasteiger partial charge in [-0.2, -0.15) is 0 Å². The van der Waals surface area contributed by atoms with Crippen LogP contribution in [0.1, 0.15) is 40.5 Å². The average molecular weight is 366 g/mol. The molecule has 0 saturated heterocycles. The first-order valence-corrected chi connectivity index (χ1v) is 8.80. The summed E-state index contributed by atoms with van der Waals surface area (Å²) < 4.78 is 0. The molecule has 0 aromatic heterocycles. The van der Waals surface area contributed by atoms with Gasteiger partial charge in [0.2, 0.25) is 11.8 Å². The Morgan fingerprint density at radius 3 is 2.04 bits per heavy atom. The summed E-state index contributed by atoms with van der Waals surface area (Å²) in [7, 11) is 0. The zero-order valence-corrected chi connectivity index (χ0v) is 15.0. The molecule has 5 N–H and O–H groups in total. The van der Waals surface area contributed by atoms with Crippen molar-refractivity contribution >= 4 is 29.1 Å². The lowest BCUT2D eigenvalue weighted by Crippen LogP contribution is -2.32. The number of rotatable bonds is 7. The van der Waals surface area contributed by atoms with Crippen LogP contribution in [-0.4, -0.2) is 29.8 Å². The number of anilines is 2. The molecule has 7 nitrogen and oxygen atoms in total. The Labute approximate surface area is 157 Å². The fourth-order valence-corrected chi connectivity index (χ4v) is 2.50. The number of hydrogen-bond acceptors (Lipinski definition) is 4. The standard InChI is InChI=1S/C20H22N4O3/c1-12(19(26)23-16-6-2-13(3-7-16)18(21)25)22-15-8-4-14(5-9-15)20(27)24-17-10-11-17/h2-9,12,17,22H,10-11H2,1H3,(H2,21,25)(H,23,26)(H,24,27). The second-order valence-electron chi connectivity index (χ2n) is 6.62. The summed E-state index contributed by atoms with van der Waals surface area (Å²) in [5.41, 5.74) is 7.49. The van der Waals surface area contributed by atoms with E-state index in [2.05, 4.69) is 16.0 Å². The molecule has 1 fully saturated rings. The second kappa shape index (κ2) is 7.90. The van der Waals surface area contributed by atoms with E-state index in [0.717, 1.165) is 18.5 Å². The van der Waals surface area contributed by atoms with Crippen molar-refractivity contribution in [1.29, 1.82) is 0 Å². The Balaban J connectivity index is 1.54. The lowest BCUT2D eigenvalue weighted by molar-refractivity contribution is -0.116. The van der Waals surface area contributed by atoms with Crippen LogP contribution in [-0.2, 0) is 4.79 Å². The van der Waals surface area contributed by atoms with Crippen LogP contribution in [0.3, 0.4) is 0 Å². The maximum Gasteiger partial charge on any atom is 0.251 e. The molecule has 0 aliphatic heterocycles. The highest BCUT2D eigenvalue weighted by Gasteiger charge is 2.23. The third-order valence-electron chi connectivity index (χ3n) is 4.27. The predicted octanol–water partition coefficient (Wildman–Crippen LogP) is 2.12. The van der Waals surface area contributed by atoms with Crippen molar-refractivity contribution < 1.29 is 14.4 Å². The Morgan fingerprint density at radius 2 is 1.48 bits per heavy atom. The van der Waals surface area contributed by atoms with E-state index in [0.29, 0.717) is 22.9 Å². The van der Waals surface area contributed by atoms with Gasteiger partial charge in [-0.3, -0.25) is 14.4 Å².